The molecular weight excluding hydrogens is 425 g/mol. The summed E-state index contributed by atoms with van der Waals surface area (Å²) in [5, 5.41) is 0. The molecule has 2 aromatic heterocycles. The Kier molecular flexibility index (Phi) is 3.33. The van der Waals surface area contributed by atoms with E-state index in [0.29, 0.717) is 5.95 Å². The molecular formula is C12H9BrIN3S. The van der Waals surface area contributed by atoms with Crippen LogP contribution in [0.1, 0.15) is 4.88 Å². The van der Waals surface area contributed by atoms with E-state index in [1.54, 1.807) is 11.3 Å². The van der Waals surface area contributed by atoms with Crippen molar-refractivity contribution in [3.63, 3.8) is 0 Å². The lowest BCUT2D eigenvalue weighted by Crippen LogP contribution is -2.03. The summed E-state index contributed by atoms with van der Waals surface area (Å²) in [4.78, 5) is 5.66. The molecule has 6 heteroatoms. The number of hydrogen-bond acceptors (Lipinski definition) is 3. The average Bonchev–Trinajstić information content (AvgIpc) is 2.84. The van der Waals surface area contributed by atoms with E-state index in [2.05, 4.69) is 67.8 Å². The third-order valence-corrected chi connectivity index (χ3v) is 4.96. The molecule has 0 fully saturated rings. The quantitative estimate of drug-likeness (QED) is 0.618. The maximum Gasteiger partial charge on any atom is 0.201 e. The van der Waals surface area contributed by atoms with Crippen LogP contribution in [-0.4, -0.2) is 9.55 Å². The van der Waals surface area contributed by atoms with Gasteiger partial charge in [-0.05, 0) is 68.9 Å². The summed E-state index contributed by atoms with van der Waals surface area (Å²) in [5.41, 5.74) is 8.04. The van der Waals surface area contributed by atoms with Crippen LogP contribution < -0.4 is 5.73 Å². The largest absolute Gasteiger partial charge is 0.369 e. The lowest BCUT2D eigenvalue weighted by molar-refractivity contribution is 0.853. The molecule has 2 N–H and O–H groups in total. The van der Waals surface area contributed by atoms with Crippen LogP contribution in [-0.2, 0) is 6.54 Å². The van der Waals surface area contributed by atoms with Crippen LogP contribution in [0.3, 0.4) is 0 Å². The Morgan fingerprint density at radius 2 is 2.17 bits per heavy atom. The van der Waals surface area contributed by atoms with Crippen molar-refractivity contribution in [2.24, 2.45) is 0 Å². The molecule has 0 unspecified atom stereocenters. The van der Waals surface area contributed by atoms with Crippen LogP contribution in [0.25, 0.3) is 11.0 Å². The number of imidazole rings is 1. The molecule has 0 spiro atoms. The lowest BCUT2D eigenvalue weighted by Gasteiger charge is -2.04. The predicted molar refractivity (Wildman–Crippen MR) is 88.0 cm³/mol. The van der Waals surface area contributed by atoms with Gasteiger partial charge in [-0.2, -0.15) is 0 Å². The van der Waals surface area contributed by atoms with Crippen molar-refractivity contribution in [1.29, 1.82) is 0 Å². The molecule has 0 radical (unpaired) electrons. The number of fused-ring (bicyclic) bond motifs is 1. The van der Waals surface area contributed by atoms with E-state index in [-0.39, 0.29) is 0 Å². The highest BCUT2D eigenvalue weighted by Crippen LogP contribution is 2.26. The molecule has 3 rings (SSSR count). The summed E-state index contributed by atoms with van der Waals surface area (Å²) in [7, 11) is 0. The number of nitrogens with zero attached hydrogens (tertiary/aromatic N) is 2. The summed E-state index contributed by atoms with van der Waals surface area (Å²) < 4.78 is 4.35. The van der Waals surface area contributed by atoms with Crippen molar-refractivity contribution < 1.29 is 0 Å². The van der Waals surface area contributed by atoms with Crippen LogP contribution in [0.15, 0.2) is 34.1 Å². The van der Waals surface area contributed by atoms with Crippen molar-refractivity contribution in [3.05, 3.63) is 42.6 Å². The molecule has 92 valence electrons. The predicted octanol–water partition coefficient (Wildman–Crippen LogP) is 4.10. The third kappa shape index (κ3) is 2.28. The van der Waals surface area contributed by atoms with E-state index in [4.69, 9.17) is 5.73 Å². The molecule has 0 aliphatic heterocycles. The first-order valence-corrected chi connectivity index (χ1v) is 7.98. The second-order valence-electron chi connectivity index (χ2n) is 3.90. The Morgan fingerprint density at radius 1 is 1.33 bits per heavy atom. The van der Waals surface area contributed by atoms with E-state index in [9.17, 15) is 0 Å². The van der Waals surface area contributed by atoms with E-state index in [0.717, 1.165) is 21.4 Å². The molecule has 0 saturated heterocycles. The fourth-order valence-corrected chi connectivity index (χ4v) is 3.83. The van der Waals surface area contributed by atoms with Gasteiger partial charge >= 0.3 is 0 Å². The molecule has 0 aliphatic rings. The van der Waals surface area contributed by atoms with E-state index >= 15 is 0 Å². The van der Waals surface area contributed by atoms with Gasteiger partial charge in [0.15, 0.2) is 0 Å². The molecule has 3 nitrogen and oxygen atoms in total. The number of benzene rings is 1. The van der Waals surface area contributed by atoms with Crippen LogP contribution in [0, 0.1) is 3.57 Å². The van der Waals surface area contributed by atoms with Crippen molar-refractivity contribution in [2.75, 3.05) is 5.73 Å². The number of hydrogen-bond donors (Lipinski definition) is 1. The third-order valence-electron chi connectivity index (χ3n) is 2.68. The fourth-order valence-electron chi connectivity index (χ4n) is 1.88. The number of anilines is 1. The van der Waals surface area contributed by atoms with Crippen LogP contribution in [0.4, 0.5) is 5.95 Å². The molecule has 0 atom stereocenters. The first-order chi connectivity index (χ1) is 8.63. The Labute approximate surface area is 130 Å². The van der Waals surface area contributed by atoms with Crippen molar-refractivity contribution in [3.8, 4) is 0 Å². The standard InChI is InChI=1S/C12H9BrIN3S/c13-11-4-2-8(18-11)6-17-10-3-1-7(14)5-9(10)16-12(17)15/h1-5H,6H2,(H2,15,16). The summed E-state index contributed by atoms with van der Waals surface area (Å²) >= 11 is 7.47. The van der Waals surface area contributed by atoms with Crippen molar-refractivity contribution in [2.45, 2.75) is 6.54 Å². The molecule has 3 aromatic rings. The highest BCUT2D eigenvalue weighted by atomic mass is 127. The average molecular weight is 434 g/mol. The van der Waals surface area contributed by atoms with Crippen molar-refractivity contribution in [1.82, 2.24) is 9.55 Å². The number of thiophene rings is 1. The van der Waals surface area contributed by atoms with Gasteiger partial charge in [0.05, 0.1) is 21.4 Å². The first kappa shape index (κ1) is 12.4. The second-order valence-corrected chi connectivity index (χ2v) is 7.69. The summed E-state index contributed by atoms with van der Waals surface area (Å²) in [6.07, 6.45) is 0. The smallest absolute Gasteiger partial charge is 0.201 e. The zero-order valence-electron chi connectivity index (χ0n) is 9.23. The highest BCUT2D eigenvalue weighted by Gasteiger charge is 2.09. The van der Waals surface area contributed by atoms with Gasteiger partial charge in [-0.15, -0.1) is 11.3 Å². The maximum atomic E-state index is 6.00. The number of aromatic nitrogens is 2. The van der Waals surface area contributed by atoms with Crippen molar-refractivity contribution >= 4 is 66.8 Å². The van der Waals surface area contributed by atoms with Crippen LogP contribution in [0.5, 0.6) is 0 Å². The fraction of sp³-hybridized carbons (Fsp3) is 0.0833. The molecule has 18 heavy (non-hydrogen) atoms. The zero-order chi connectivity index (χ0) is 12.7. The normalized spacial score (nSPS) is 11.2. The summed E-state index contributed by atoms with van der Waals surface area (Å²) in [6, 6.07) is 10.4. The molecule has 1 aromatic carbocycles. The Hall–Kier alpha value is -0.600. The number of nitrogen functional groups attached to an aromatic ring is 1. The second kappa shape index (κ2) is 4.82. The van der Waals surface area contributed by atoms with Crippen LogP contribution >= 0.6 is 49.9 Å². The van der Waals surface area contributed by atoms with Crippen LogP contribution in [0.2, 0.25) is 0 Å². The van der Waals surface area contributed by atoms with Gasteiger partial charge in [-0.3, -0.25) is 0 Å². The van der Waals surface area contributed by atoms with Gasteiger partial charge in [0.2, 0.25) is 5.95 Å². The van der Waals surface area contributed by atoms with Gasteiger partial charge in [-0.25, -0.2) is 4.98 Å². The molecule has 0 amide bonds. The molecule has 0 aliphatic carbocycles. The lowest BCUT2D eigenvalue weighted by atomic mass is 10.3. The van der Waals surface area contributed by atoms with E-state index < -0.39 is 0 Å². The minimum absolute atomic E-state index is 0.566. The van der Waals surface area contributed by atoms with E-state index in [1.165, 1.54) is 8.45 Å². The first-order valence-electron chi connectivity index (χ1n) is 5.29. The van der Waals surface area contributed by atoms with Gasteiger partial charge in [0, 0.05) is 8.45 Å². The molecule has 2 heterocycles. The van der Waals surface area contributed by atoms with Gasteiger partial charge in [0.1, 0.15) is 0 Å². The Morgan fingerprint density at radius 3 is 2.89 bits per heavy atom. The summed E-state index contributed by atoms with van der Waals surface area (Å²) in [5.74, 6) is 0.566. The topological polar surface area (TPSA) is 43.8 Å². The summed E-state index contributed by atoms with van der Waals surface area (Å²) in [6.45, 7) is 0.763. The monoisotopic (exact) mass is 433 g/mol. The highest BCUT2D eigenvalue weighted by molar-refractivity contribution is 14.1. The van der Waals surface area contributed by atoms with Gasteiger partial charge in [-0.1, -0.05) is 0 Å². The SMILES string of the molecule is Nc1nc2cc(I)ccc2n1Cc1ccc(Br)s1. The maximum absolute atomic E-state index is 6.00. The molecule has 0 bridgehead atoms. The van der Waals surface area contributed by atoms with Gasteiger partial charge in [0.25, 0.3) is 0 Å². The minimum atomic E-state index is 0.566. The Bertz CT molecular complexity index is 719. The number of nitrogens with two attached hydrogens (primary N) is 1. The number of halogens is 2. The zero-order valence-corrected chi connectivity index (χ0v) is 13.8. The minimum Gasteiger partial charge on any atom is -0.369 e. The van der Waals surface area contributed by atoms with Gasteiger partial charge < -0.3 is 10.3 Å². The Balaban J connectivity index is 2.08. The number of rotatable bonds is 2. The molecule has 0 saturated carbocycles. The van der Waals surface area contributed by atoms with E-state index in [1.807, 2.05) is 10.6 Å².